The summed E-state index contributed by atoms with van der Waals surface area (Å²) in [4.78, 5) is 17.8. The van der Waals surface area contributed by atoms with Crippen LogP contribution in [0.3, 0.4) is 0 Å². The van der Waals surface area contributed by atoms with Gasteiger partial charge in [-0.2, -0.15) is 4.98 Å². The summed E-state index contributed by atoms with van der Waals surface area (Å²) in [6.45, 7) is 2.05. The quantitative estimate of drug-likeness (QED) is 0.514. The highest BCUT2D eigenvalue weighted by Crippen LogP contribution is 2.31. The van der Waals surface area contributed by atoms with Crippen LogP contribution in [-0.2, 0) is 0 Å². The first-order valence-electron chi connectivity index (χ1n) is 5.47. The van der Waals surface area contributed by atoms with Crippen molar-refractivity contribution in [2.45, 2.75) is 13.3 Å². The van der Waals surface area contributed by atoms with Crippen LogP contribution < -0.4 is 5.32 Å². The van der Waals surface area contributed by atoms with Crippen LogP contribution in [0.15, 0.2) is 28.5 Å². The van der Waals surface area contributed by atoms with Gasteiger partial charge in [0.2, 0.25) is 11.1 Å². The highest BCUT2D eigenvalue weighted by atomic mass is 79.9. The lowest BCUT2D eigenvalue weighted by atomic mass is 10.0. The lowest BCUT2D eigenvalue weighted by molar-refractivity contribution is -0.384. The molecule has 100 valence electrons. The number of nitrogens with zero attached hydrogens (tertiary/aromatic N) is 3. The maximum absolute atomic E-state index is 10.9. The molecule has 1 N–H and O–H groups in total. The molecule has 1 heterocycles. The fourth-order valence-corrected chi connectivity index (χ4v) is 2.09. The van der Waals surface area contributed by atoms with Crippen LogP contribution in [0.5, 0.6) is 0 Å². The van der Waals surface area contributed by atoms with Crippen molar-refractivity contribution in [2.75, 3.05) is 5.32 Å². The molecule has 0 saturated heterocycles. The fraction of sp³-hybridized carbons (Fsp3) is 0.273. The van der Waals surface area contributed by atoms with Crippen molar-refractivity contribution >= 4 is 39.0 Å². The van der Waals surface area contributed by atoms with Gasteiger partial charge in [0, 0.05) is 5.70 Å². The van der Waals surface area contributed by atoms with Gasteiger partial charge >= 0.3 is 5.69 Å². The van der Waals surface area contributed by atoms with E-state index in [1.165, 1.54) is 0 Å². The normalized spacial score (nSPS) is 18.6. The molecule has 0 radical (unpaired) electrons. The first-order valence-corrected chi connectivity index (χ1v) is 6.64. The fourth-order valence-electron chi connectivity index (χ4n) is 1.66. The minimum absolute atomic E-state index is 0.0331. The number of allylic oxidation sites excluding steroid dienone is 4. The molecule has 2 rings (SSSR count). The molecule has 1 aromatic heterocycles. The molecule has 19 heavy (non-hydrogen) atoms. The number of aromatic nitrogens is 2. The molecule has 1 unspecified atom stereocenters. The molecule has 0 amide bonds. The van der Waals surface area contributed by atoms with E-state index < -0.39 is 4.92 Å². The summed E-state index contributed by atoms with van der Waals surface area (Å²) < 4.78 is 1.09. The average molecular weight is 346 g/mol. The lowest BCUT2D eigenvalue weighted by Crippen LogP contribution is -2.11. The second-order valence-electron chi connectivity index (χ2n) is 4.10. The van der Waals surface area contributed by atoms with Crippen LogP contribution >= 0.6 is 27.5 Å². The third-order valence-corrected chi connectivity index (χ3v) is 3.88. The van der Waals surface area contributed by atoms with Crippen LogP contribution in [0, 0.1) is 16.0 Å². The van der Waals surface area contributed by atoms with Gasteiger partial charge in [-0.05, 0) is 34.5 Å². The van der Waals surface area contributed by atoms with E-state index in [9.17, 15) is 10.1 Å². The molecule has 8 heteroatoms. The standard InChI is InChI=1S/C11H10BrClN4O2/c1-6-4-7(2-3-8(6)12)15-10-9(17(18)19)5-14-11(13)16-10/h2-3,5-6H,4H2,1H3,(H,14,15,16). The van der Waals surface area contributed by atoms with Crippen molar-refractivity contribution in [1.82, 2.24) is 9.97 Å². The summed E-state index contributed by atoms with van der Waals surface area (Å²) in [7, 11) is 0. The van der Waals surface area contributed by atoms with Gasteiger partial charge in [-0.3, -0.25) is 10.1 Å². The van der Waals surface area contributed by atoms with Crippen LogP contribution in [0.25, 0.3) is 0 Å². The molecule has 0 saturated carbocycles. The van der Waals surface area contributed by atoms with E-state index in [2.05, 4.69) is 38.1 Å². The maximum atomic E-state index is 10.9. The van der Waals surface area contributed by atoms with Gasteiger partial charge in [0.25, 0.3) is 0 Å². The molecule has 0 aromatic carbocycles. The Labute approximate surface area is 122 Å². The van der Waals surface area contributed by atoms with Crippen molar-refractivity contribution in [3.63, 3.8) is 0 Å². The zero-order valence-corrected chi connectivity index (χ0v) is 12.3. The third-order valence-electron chi connectivity index (χ3n) is 2.66. The van der Waals surface area contributed by atoms with Gasteiger partial charge in [0.05, 0.1) is 4.92 Å². The number of nitro groups is 1. The summed E-state index contributed by atoms with van der Waals surface area (Å²) in [5, 5.41) is 13.8. The van der Waals surface area contributed by atoms with E-state index in [4.69, 9.17) is 11.6 Å². The van der Waals surface area contributed by atoms with Gasteiger partial charge in [0.1, 0.15) is 6.20 Å². The van der Waals surface area contributed by atoms with Crippen LogP contribution in [0.2, 0.25) is 5.28 Å². The molecule has 0 fully saturated rings. The Morgan fingerprint density at radius 2 is 2.32 bits per heavy atom. The Kier molecular flexibility index (Phi) is 4.16. The number of halogens is 2. The molecule has 0 aliphatic heterocycles. The highest BCUT2D eigenvalue weighted by Gasteiger charge is 2.20. The molecule has 0 bridgehead atoms. The Balaban J connectivity index is 2.29. The zero-order chi connectivity index (χ0) is 14.0. The Hall–Kier alpha value is -1.47. The van der Waals surface area contributed by atoms with Crippen LogP contribution in [0.4, 0.5) is 11.5 Å². The summed E-state index contributed by atoms with van der Waals surface area (Å²) in [6.07, 6.45) is 5.58. The molecule has 6 nitrogen and oxygen atoms in total. The topological polar surface area (TPSA) is 81.0 Å². The molecule has 1 aliphatic carbocycles. The van der Waals surface area contributed by atoms with Crippen molar-refractivity contribution in [3.05, 3.63) is 43.9 Å². The average Bonchev–Trinajstić information content (AvgIpc) is 2.33. The lowest BCUT2D eigenvalue weighted by Gasteiger charge is -2.18. The number of hydrogen-bond acceptors (Lipinski definition) is 5. The second kappa shape index (κ2) is 5.66. The molecular formula is C11H10BrClN4O2. The van der Waals surface area contributed by atoms with E-state index in [-0.39, 0.29) is 16.8 Å². The van der Waals surface area contributed by atoms with Crippen LogP contribution in [-0.4, -0.2) is 14.9 Å². The van der Waals surface area contributed by atoms with Gasteiger partial charge < -0.3 is 5.32 Å². The van der Waals surface area contributed by atoms with Gasteiger partial charge in [0.15, 0.2) is 0 Å². The SMILES string of the molecule is CC1CC(Nc2nc(Cl)ncc2[N+](=O)[O-])=CC=C1Br. The van der Waals surface area contributed by atoms with E-state index in [0.717, 1.165) is 22.8 Å². The molecule has 1 aromatic rings. The second-order valence-corrected chi connectivity index (χ2v) is 5.36. The molecular weight excluding hydrogens is 336 g/mol. The largest absolute Gasteiger partial charge is 0.338 e. The van der Waals surface area contributed by atoms with E-state index >= 15 is 0 Å². The smallest absolute Gasteiger partial charge is 0.329 e. The monoisotopic (exact) mass is 344 g/mol. The molecule has 1 aliphatic rings. The van der Waals surface area contributed by atoms with Crippen molar-refractivity contribution < 1.29 is 4.92 Å². The van der Waals surface area contributed by atoms with Gasteiger partial charge in [-0.15, -0.1) is 0 Å². The predicted molar refractivity (Wildman–Crippen MR) is 76.2 cm³/mol. The first kappa shape index (κ1) is 14.0. The zero-order valence-electron chi connectivity index (χ0n) is 9.93. The summed E-state index contributed by atoms with van der Waals surface area (Å²) in [5.41, 5.74) is 0.639. The summed E-state index contributed by atoms with van der Waals surface area (Å²) >= 11 is 9.12. The minimum atomic E-state index is -0.544. The molecule has 1 atom stereocenters. The van der Waals surface area contributed by atoms with Crippen molar-refractivity contribution in [3.8, 4) is 0 Å². The highest BCUT2D eigenvalue weighted by molar-refractivity contribution is 9.11. The Morgan fingerprint density at radius 1 is 1.58 bits per heavy atom. The van der Waals surface area contributed by atoms with E-state index in [1.54, 1.807) is 0 Å². The van der Waals surface area contributed by atoms with E-state index in [0.29, 0.717) is 5.92 Å². The van der Waals surface area contributed by atoms with Crippen LogP contribution in [0.1, 0.15) is 13.3 Å². The minimum Gasteiger partial charge on any atom is -0.338 e. The summed E-state index contributed by atoms with van der Waals surface area (Å²) in [6, 6.07) is 0. The van der Waals surface area contributed by atoms with Crippen molar-refractivity contribution in [2.24, 2.45) is 5.92 Å². The van der Waals surface area contributed by atoms with Crippen molar-refractivity contribution in [1.29, 1.82) is 0 Å². The maximum Gasteiger partial charge on any atom is 0.329 e. The number of nitrogens with one attached hydrogen (secondary N) is 1. The molecule has 0 spiro atoms. The number of rotatable bonds is 3. The number of anilines is 1. The third kappa shape index (κ3) is 3.30. The predicted octanol–water partition coefficient (Wildman–Crippen LogP) is 3.65. The number of hydrogen-bond donors (Lipinski definition) is 1. The first-order chi connectivity index (χ1) is 8.97. The van der Waals surface area contributed by atoms with Gasteiger partial charge in [-0.25, -0.2) is 4.98 Å². The summed E-state index contributed by atoms with van der Waals surface area (Å²) in [5.74, 6) is 0.415. The van der Waals surface area contributed by atoms with E-state index in [1.807, 2.05) is 12.2 Å². The van der Waals surface area contributed by atoms with Gasteiger partial charge in [-0.1, -0.05) is 28.9 Å². The Bertz CT molecular complexity index is 588. The Morgan fingerprint density at radius 3 is 2.95 bits per heavy atom.